The van der Waals surface area contributed by atoms with Crippen molar-refractivity contribution >= 4 is 11.6 Å². The first-order chi connectivity index (χ1) is 7.52. The molecule has 1 aromatic heterocycles. The lowest BCUT2D eigenvalue weighted by molar-refractivity contribution is -0.123. The van der Waals surface area contributed by atoms with Crippen molar-refractivity contribution in [2.45, 2.75) is 33.7 Å². The molecule has 0 saturated carbocycles. The molecule has 1 aromatic rings. The van der Waals surface area contributed by atoms with E-state index in [0.29, 0.717) is 5.82 Å². The molecule has 4 nitrogen and oxygen atoms in total. The summed E-state index contributed by atoms with van der Waals surface area (Å²) in [6, 6.07) is 1.58. The van der Waals surface area contributed by atoms with Gasteiger partial charge in [0, 0.05) is 12.1 Å². The van der Waals surface area contributed by atoms with Gasteiger partial charge in [0.05, 0.1) is 6.04 Å². The zero-order valence-corrected chi connectivity index (χ0v) is 10.3. The van der Waals surface area contributed by atoms with E-state index < -0.39 is 0 Å². The van der Waals surface area contributed by atoms with E-state index in [1.165, 1.54) is 6.33 Å². The summed E-state index contributed by atoms with van der Waals surface area (Å²) in [5.74, 6) is 1.18. The van der Waals surface area contributed by atoms with Crippen molar-refractivity contribution in [1.29, 1.82) is 0 Å². The lowest BCUT2D eigenvalue weighted by Gasteiger charge is -2.23. The number of aromatic nitrogens is 2. The molecule has 1 unspecified atom stereocenters. The quantitative estimate of drug-likeness (QED) is 0.827. The number of ketones is 1. The van der Waals surface area contributed by atoms with Crippen molar-refractivity contribution in [2.24, 2.45) is 11.8 Å². The summed E-state index contributed by atoms with van der Waals surface area (Å²) in [4.78, 5) is 19.9. The summed E-state index contributed by atoms with van der Waals surface area (Å²) in [6.07, 6.45) is 3.13. The van der Waals surface area contributed by atoms with Crippen LogP contribution in [0.2, 0.25) is 0 Å². The average molecular weight is 221 g/mol. The predicted octanol–water partition coefficient (Wildman–Crippen LogP) is 2.14. The fourth-order valence-electron chi connectivity index (χ4n) is 1.46. The molecule has 0 fully saturated rings. The normalized spacial score (nSPS) is 12.9. The maximum absolute atomic E-state index is 12.0. The number of rotatable bonds is 5. The minimum atomic E-state index is -0.185. The Balaban J connectivity index is 2.77. The molecule has 0 aliphatic rings. The van der Waals surface area contributed by atoms with Gasteiger partial charge in [-0.15, -0.1) is 0 Å². The summed E-state index contributed by atoms with van der Waals surface area (Å²) in [6.45, 7) is 7.89. The van der Waals surface area contributed by atoms with E-state index in [9.17, 15) is 4.79 Å². The standard InChI is InChI=1S/C12H19N3O/c1-8(2)11(12(16)9(3)4)15-10-5-6-13-7-14-10/h5-9,11H,1-4H3,(H,13,14,15). The summed E-state index contributed by atoms with van der Waals surface area (Å²) in [7, 11) is 0. The molecule has 0 radical (unpaired) electrons. The molecule has 0 spiro atoms. The summed E-state index contributed by atoms with van der Waals surface area (Å²) >= 11 is 0. The number of hydrogen-bond donors (Lipinski definition) is 1. The van der Waals surface area contributed by atoms with Crippen LogP contribution >= 0.6 is 0 Å². The van der Waals surface area contributed by atoms with Crippen LogP contribution in [0.15, 0.2) is 18.6 Å². The zero-order chi connectivity index (χ0) is 12.1. The van der Waals surface area contributed by atoms with Gasteiger partial charge in [0.15, 0.2) is 5.78 Å². The number of hydrogen-bond acceptors (Lipinski definition) is 4. The minimum Gasteiger partial charge on any atom is -0.360 e. The highest BCUT2D eigenvalue weighted by Gasteiger charge is 2.24. The number of carbonyl (C=O) groups excluding carboxylic acids is 1. The third-order valence-corrected chi connectivity index (χ3v) is 2.43. The highest BCUT2D eigenvalue weighted by Crippen LogP contribution is 2.14. The van der Waals surface area contributed by atoms with E-state index in [1.807, 2.05) is 27.7 Å². The maximum atomic E-state index is 12.0. The third-order valence-electron chi connectivity index (χ3n) is 2.43. The molecule has 88 valence electrons. The lowest BCUT2D eigenvalue weighted by atomic mass is 9.93. The molecule has 1 atom stereocenters. The van der Waals surface area contributed by atoms with E-state index in [-0.39, 0.29) is 23.7 Å². The molecule has 16 heavy (non-hydrogen) atoms. The first-order valence-electron chi connectivity index (χ1n) is 5.58. The van der Waals surface area contributed by atoms with Crippen molar-refractivity contribution in [2.75, 3.05) is 5.32 Å². The van der Waals surface area contributed by atoms with Crippen LogP contribution in [0.1, 0.15) is 27.7 Å². The third kappa shape index (κ3) is 3.29. The zero-order valence-electron chi connectivity index (χ0n) is 10.3. The van der Waals surface area contributed by atoms with Crippen LogP contribution < -0.4 is 5.32 Å². The van der Waals surface area contributed by atoms with E-state index >= 15 is 0 Å². The Morgan fingerprint density at radius 3 is 2.44 bits per heavy atom. The second kappa shape index (κ2) is 5.58. The fraction of sp³-hybridized carbons (Fsp3) is 0.583. The summed E-state index contributed by atoms with van der Waals surface area (Å²) in [5, 5.41) is 3.16. The molecule has 1 rings (SSSR count). The largest absolute Gasteiger partial charge is 0.360 e. The van der Waals surface area contributed by atoms with Gasteiger partial charge < -0.3 is 5.32 Å². The molecule has 1 N–H and O–H groups in total. The smallest absolute Gasteiger partial charge is 0.157 e. The molecular formula is C12H19N3O. The molecule has 0 saturated heterocycles. The van der Waals surface area contributed by atoms with Gasteiger partial charge in [-0.1, -0.05) is 27.7 Å². The van der Waals surface area contributed by atoms with Crippen molar-refractivity contribution in [3.05, 3.63) is 18.6 Å². The van der Waals surface area contributed by atoms with Crippen LogP contribution in [0.4, 0.5) is 5.82 Å². The Bertz CT molecular complexity index is 335. The van der Waals surface area contributed by atoms with Crippen LogP contribution in [0.3, 0.4) is 0 Å². The molecule has 4 heteroatoms. The van der Waals surface area contributed by atoms with Crippen molar-refractivity contribution < 1.29 is 4.79 Å². The molecule has 0 bridgehead atoms. The Morgan fingerprint density at radius 1 is 1.31 bits per heavy atom. The number of nitrogens with one attached hydrogen (secondary N) is 1. The predicted molar refractivity (Wildman–Crippen MR) is 64.1 cm³/mol. The molecule has 0 amide bonds. The highest BCUT2D eigenvalue weighted by molar-refractivity contribution is 5.88. The molecule has 0 aliphatic heterocycles. The van der Waals surface area contributed by atoms with Gasteiger partial charge >= 0.3 is 0 Å². The Morgan fingerprint density at radius 2 is 2.00 bits per heavy atom. The van der Waals surface area contributed by atoms with Gasteiger partial charge in [-0.05, 0) is 12.0 Å². The number of nitrogens with zero attached hydrogens (tertiary/aromatic N) is 2. The van der Waals surface area contributed by atoms with Crippen molar-refractivity contribution in [3.63, 3.8) is 0 Å². The van der Waals surface area contributed by atoms with Crippen molar-refractivity contribution in [3.8, 4) is 0 Å². The second-order valence-electron chi connectivity index (χ2n) is 4.52. The van der Waals surface area contributed by atoms with E-state index in [4.69, 9.17) is 0 Å². The van der Waals surface area contributed by atoms with Gasteiger partial charge in [-0.2, -0.15) is 0 Å². The minimum absolute atomic E-state index is 0.0294. The summed E-state index contributed by atoms with van der Waals surface area (Å²) in [5.41, 5.74) is 0. The fourth-order valence-corrected chi connectivity index (χ4v) is 1.46. The summed E-state index contributed by atoms with van der Waals surface area (Å²) < 4.78 is 0. The molecule has 0 aliphatic carbocycles. The van der Waals surface area contributed by atoms with Gasteiger partial charge in [0.2, 0.25) is 0 Å². The first kappa shape index (κ1) is 12.6. The Hall–Kier alpha value is -1.45. The number of carbonyl (C=O) groups is 1. The molecule has 0 aromatic carbocycles. The van der Waals surface area contributed by atoms with E-state index in [2.05, 4.69) is 15.3 Å². The van der Waals surface area contributed by atoms with Gasteiger partial charge in [-0.25, -0.2) is 9.97 Å². The lowest BCUT2D eigenvalue weighted by Crippen LogP contribution is -2.37. The molecule has 1 heterocycles. The van der Waals surface area contributed by atoms with E-state index in [1.54, 1.807) is 12.3 Å². The van der Waals surface area contributed by atoms with Crippen LogP contribution in [0.5, 0.6) is 0 Å². The van der Waals surface area contributed by atoms with Gasteiger partial charge in [0.1, 0.15) is 12.1 Å². The Labute approximate surface area is 96.5 Å². The average Bonchev–Trinajstić information content (AvgIpc) is 2.26. The van der Waals surface area contributed by atoms with Crippen molar-refractivity contribution in [1.82, 2.24) is 9.97 Å². The number of Topliss-reactive ketones (excluding diaryl/α,β-unsaturated/α-hetero) is 1. The maximum Gasteiger partial charge on any atom is 0.157 e. The van der Waals surface area contributed by atoms with Crippen LogP contribution in [0, 0.1) is 11.8 Å². The highest BCUT2D eigenvalue weighted by atomic mass is 16.1. The SMILES string of the molecule is CC(C)C(=O)C(Nc1ccncn1)C(C)C. The van der Waals surface area contributed by atoms with Gasteiger partial charge in [0.25, 0.3) is 0 Å². The first-order valence-corrected chi connectivity index (χ1v) is 5.58. The van der Waals surface area contributed by atoms with Gasteiger partial charge in [-0.3, -0.25) is 4.79 Å². The second-order valence-corrected chi connectivity index (χ2v) is 4.52. The number of anilines is 1. The topological polar surface area (TPSA) is 54.9 Å². The van der Waals surface area contributed by atoms with Crippen LogP contribution in [-0.2, 0) is 4.79 Å². The monoisotopic (exact) mass is 221 g/mol. The Kier molecular flexibility index (Phi) is 4.40. The molecular weight excluding hydrogens is 202 g/mol. The van der Waals surface area contributed by atoms with E-state index in [0.717, 1.165) is 0 Å². The van der Waals surface area contributed by atoms with Crippen LogP contribution in [-0.4, -0.2) is 21.8 Å². The van der Waals surface area contributed by atoms with Crippen LogP contribution in [0.25, 0.3) is 0 Å².